The lowest BCUT2D eigenvalue weighted by Crippen LogP contribution is -2.51. The van der Waals surface area contributed by atoms with Gasteiger partial charge in [0.25, 0.3) is 21.3 Å². The molecule has 202 valence electrons. The van der Waals surface area contributed by atoms with Gasteiger partial charge in [-0.2, -0.15) is 0 Å². The quantitative estimate of drug-likeness (QED) is 0.139. The Morgan fingerprint density at radius 1 is 1.00 bits per heavy atom. The summed E-state index contributed by atoms with van der Waals surface area (Å²) in [4.78, 5) is 38.4. The SMILES string of the molecule is O=C(c1ccccc1)N(CC1=CC(Cc2ccc(F)cc2)(NC(=O)C(Cl)(Cl)Cl)CC1)c1ccc([N+](=O)[O-])cc1. The molecule has 7 nitrogen and oxygen atoms in total. The Balaban J connectivity index is 1.68. The fourth-order valence-electron chi connectivity index (χ4n) is 4.56. The predicted molar refractivity (Wildman–Crippen MR) is 150 cm³/mol. The van der Waals surface area contributed by atoms with Gasteiger partial charge in [-0.3, -0.25) is 19.7 Å². The van der Waals surface area contributed by atoms with Crippen LogP contribution in [0.1, 0.15) is 28.8 Å². The van der Waals surface area contributed by atoms with Crippen molar-refractivity contribution in [2.75, 3.05) is 11.4 Å². The lowest BCUT2D eigenvalue weighted by Gasteiger charge is -2.30. The van der Waals surface area contributed by atoms with Crippen LogP contribution >= 0.6 is 34.8 Å². The number of carbonyl (C=O) groups is 2. The molecule has 0 fully saturated rings. The van der Waals surface area contributed by atoms with E-state index < -0.39 is 20.2 Å². The van der Waals surface area contributed by atoms with Crippen LogP contribution in [-0.2, 0) is 11.2 Å². The van der Waals surface area contributed by atoms with E-state index >= 15 is 0 Å². The summed E-state index contributed by atoms with van der Waals surface area (Å²) < 4.78 is 11.3. The Morgan fingerprint density at radius 3 is 2.23 bits per heavy atom. The van der Waals surface area contributed by atoms with Crippen molar-refractivity contribution in [1.82, 2.24) is 5.32 Å². The van der Waals surface area contributed by atoms with Crippen molar-refractivity contribution in [2.24, 2.45) is 0 Å². The maximum Gasteiger partial charge on any atom is 0.272 e. The van der Waals surface area contributed by atoms with Crippen molar-refractivity contribution in [3.8, 4) is 0 Å². The molecule has 11 heteroatoms. The standard InChI is InChI=1S/C28H23Cl3FN3O4/c29-28(30,31)26(37)33-27(16-19-6-8-22(32)9-7-19)15-14-20(17-27)18-34(25(36)21-4-2-1-3-5-21)23-10-12-24(13-11-23)35(38)39/h1-13,17H,14-16,18H2,(H,33,37). The third-order valence-corrected chi connectivity index (χ3v) is 6.94. The molecule has 1 aliphatic carbocycles. The summed E-state index contributed by atoms with van der Waals surface area (Å²) in [7, 11) is 0. The van der Waals surface area contributed by atoms with Gasteiger partial charge in [-0.25, -0.2) is 4.39 Å². The number of anilines is 1. The van der Waals surface area contributed by atoms with E-state index in [2.05, 4.69) is 5.32 Å². The molecule has 0 spiro atoms. The maximum atomic E-state index is 13.6. The highest BCUT2D eigenvalue weighted by Gasteiger charge is 2.41. The monoisotopic (exact) mass is 589 g/mol. The molecule has 0 radical (unpaired) electrons. The second-order valence-corrected chi connectivity index (χ2v) is 11.5. The maximum absolute atomic E-state index is 13.6. The van der Waals surface area contributed by atoms with E-state index in [9.17, 15) is 24.1 Å². The van der Waals surface area contributed by atoms with E-state index in [1.54, 1.807) is 42.5 Å². The number of nitrogens with one attached hydrogen (secondary N) is 1. The Hall–Kier alpha value is -3.46. The van der Waals surface area contributed by atoms with Crippen molar-refractivity contribution in [1.29, 1.82) is 0 Å². The summed E-state index contributed by atoms with van der Waals surface area (Å²) in [5.74, 6) is -1.50. The number of hydrogen-bond donors (Lipinski definition) is 1. The first kappa shape index (κ1) is 28.5. The predicted octanol–water partition coefficient (Wildman–Crippen LogP) is 6.57. The van der Waals surface area contributed by atoms with Crippen molar-refractivity contribution >= 4 is 58.0 Å². The lowest BCUT2D eigenvalue weighted by molar-refractivity contribution is -0.384. The van der Waals surface area contributed by atoms with Gasteiger partial charge >= 0.3 is 0 Å². The van der Waals surface area contributed by atoms with Gasteiger partial charge in [-0.05, 0) is 61.2 Å². The molecule has 0 aliphatic heterocycles. The molecular weight excluding hydrogens is 568 g/mol. The second-order valence-electron chi connectivity index (χ2n) is 9.24. The van der Waals surface area contributed by atoms with Crippen molar-refractivity contribution < 1.29 is 18.9 Å². The van der Waals surface area contributed by atoms with E-state index in [0.29, 0.717) is 30.5 Å². The number of nitrogens with zero attached hydrogens (tertiary/aromatic N) is 2. The number of nitro groups is 1. The van der Waals surface area contributed by atoms with Crippen LogP contribution in [0.3, 0.4) is 0 Å². The van der Waals surface area contributed by atoms with Gasteiger partial charge in [0.05, 0.1) is 10.5 Å². The van der Waals surface area contributed by atoms with Gasteiger partial charge in [0.15, 0.2) is 0 Å². The average molecular weight is 591 g/mol. The molecule has 3 aromatic carbocycles. The third-order valence-electron chi connectivity index (χ3n) is 6.42. The van der Waals surface area contributed by atoms with Gasteiger partial charge in [0.2, 0.25) is 0 Å². The van der Waals surface area contributed by atoms with Gasteiger partial charge in [-0.1, -0.05) is 76.8 Å². The van der Waals surface area contributed by atoms with Gasteiger partial charge in [-0.15, -0.1) is 0 Å². The van der Waals surface area contributed by atoms with Crippen LogP contribution in [0, 0.1) is 15.9 Å². The first-order valence-electron chi connectivity index (χ1n) is 11.9. The van der Waals surface area contributed by atoms with Crippen LogP contribution in [0.15, 0.2) is 90.5 Å². The molecule has 0 saturated heterocycles. The molecule has 2 amide bonds. The average Bonchev–Trinajstić information content (AvgIpc) is 3.30. The number of non-ortho nitro benzene ring substituents is 1. The molecule has 0 aromatic heterocycles. The number of hydrogen-bond acceptors (Lipinski definition) is 4. The molecule has 39 heavy (non-hydrogen) atoms. The normalized spacial score (nSPS) is 16.9. The van der Waals surface area contributed by atoms with E-state index in [-0.39, 0.29) is 24.0 Å². The van der Waals surface area contributed by atoms with Gasteiger partial charge < -0.3 is 10.2 Å². The van der Waals surface area contributed by atoms with Crippen molar-refractivity contribution in [3.05, 3.63) is 118 Å². The number of halogens is 4. The molecule has 1 N–H and O–H groups in total. The number of carbonyl (C=O) groups excluding carboxylic acids is 2. The Bertz CT molecular complexity index is 1390. The van der Waals surface area contributed by atoms with Crippen LogP contribution in [0.5, 0.6) is 0 Å². The summed E-state index contributed by atoms with van der Waals surface area (Å²) in [5.41, 5.74) is 1.44. The smallest absolute Gasteiger partial charge is 0.272 e. The minimum atomic E-state index is -2.19. The van der Waals surface area contributed by atoms with E-state index in [1.807, 2.05) is 6.08 Å². The zero-order valence-electron chi connectivity index (χ0n) is 20.5. The van der Waals surface area contributed by atoms with Crippen molar-refractivity contribution in [3.63, 3.8) is 0 Å². The lowest BCUT2D eigenvalue weighted by atomic mass is 9.90. The summed E-state index contributed by atoms with van der Waals surface area (Å²) in [6.45, 7) is 0.153. The van der Waals surface area contributed by atoms with E-state index in [4.69, 9.17) is 34.8 Å². The Morgan fingerprint density at radius 2 is 1.64 bits per heavy atom. The summed E-state index contributed by atoms with van der Waals surface area (Å²) >= 11 is 17.5. The molecule has 0 saturated carbocycles. The molecule has 0 heterocycles. The van der Waals surface area contributed by atoms with Crippen LogP contribution in [-0.4, -0.2) is 32.6 Å². The molecular formula is C28H23Cl3FN3O4. The van der Waals surface area contributed by atoms with Gasteiger partial charge in [0.1, 0.15) is 5.82 Å². The first-order valence-corrected chi connectivity index (χ1v) is 13.0. The van der Waals surface area contributed by atoms with Crippen LogP contribution < -0.4 is 10.2 Å². The second kappa shape index (κ2) is 11.7. The fourth-order valence-corrected chi connectivity index (χ4v) is 4.71. The van der Waals surface area contributed by atoms with Crippen LogP contribution in [0.25, 0.3) is 0 Å². The van der Waals surface area contributed by atoms with Crippen molar-refractivity contribution in [2.45, 2.75) is 28.6 Å². The van der Waals surface area contributed by atoms with Gasteiger partial charge in [0, 0.05) is 29.9 Å². The number of amides is 2. The minimum Gasteiger partial charge on any atom is -0.343 e. The van der Waals surface area contributed by atoms with Crippen LogP contribution in [0.4, 0.5) is 15.8 Å². The largest absolute Gasteiger partial charge is 0.343 e. The highest BCUT2D eigenvalue weighted by atomic mass is 35.6. The third kappa shape index (κ3) is 7.15. The number of alkyl halides is 3. The van der Waals surface area contributed by atoms with E-state index in [1.165, 1.54) is 41.3 Å². The highest BCUT2D eigenvalue weighted by Crippen LogP contribution is 2.36. The van der Waals surface area contributed by atoms with Crippen LogP contribution in [0.2, 0.25) is 0 Å². The number of rotatable bonds is 8. The Kier molecular flexibility index (Phi) is 8.59. The highest BCUT2D eigenvalue weighted by molar-refractivity contribution is 6.76. The topological polar surface area (TPSA) is 92.6 Å². The molecule has 1 aliphatic rings. The number of nitro benzene ring substituents is 1. The Labute approximate surface area is 239 Å². The fraction of sp³-hybridized carbons (Fsp3) is 0.214. The molecule has 3 aromatic rings. The molecule has 4 rings (SSSR count). The molecule has 1 unspecified atom stereocenters. The zero-order valence-corrected chi connectivity index (χ0v) is 22.7. The minimum absolute atomic E-state index is 0.0984. The summed E-state index contributed by atoms with van der Waals surface area (Å²) in [6, 6.07) is 20.3. The summed E-state index contributed by atoms with van der Waals surface area (Å²) in [5, 5.41) is 14.0. The van der Waals surface area contributed by atoms with E-state index in [0.717, 1.165) is 11.1 Å². The first-order chi connectivity index (χ1) is 18.5. The molecule has 0 bridgehead atoms. The number of benzene rings is 3. The zero-order chi connectivity index (χ0) is 28.2. The summed E-state index contributed by atoms with van der Waals surface area (Å²) in [6.07, 6.45) is 3.10. The molecule has 1 atom stereocenters.